The van der Waals surface area contributed by atoms with Gasteiger partial charge in [-0.3, -0.25) is 6.58 Å². The second-order valence-corrected chi connectivity index (χ2v) is 4.74. The second-order valence-electron chi connectivity index (χ2n) is 4.33. The number of hydrogen-bond acceptors (Lipinski definition) is 2. The molecule has 0 fully saturated rings. The summed E-state index contributed by atoms with van der Waals surface area (Å²) in [6.07, 6.45) is 8.12. The minimum absolute atomic E-state index is 0. The molecule has 1 aliphatic rings. The van der Waals surface area contributed by atoms with Crippen LogP contribution < -0.4 is 64.4 Å². The minimum Gasteiger partial charge on any atom is -0.563 e. The number of aromatic nitrogens is 1. The van der Waals surface area contributed by atoms with Crippen LogP contribution in [0.2, 0.25) is 5.02 Å². The fraction of sp³-hybridized carbons (Fsp3) is 0.133. The van der Waals surface area contributed by atoms with E-state index >= 15 is 0 Å². The van der Waals surface area contributed by atoms with E-state index in [1.165, 1.54) is 0 Å². The number of rotatable bonds is 4. The number of H-pyrrole nitrogens is 1. The normalized spacial score (nSPS) is 12.5. The summed E-state index contributed by atoms with van der Waals surface area (Å²) in [6, 6.07) is 6.07. The van der Waals surface area contributed by atoms with Crippen LogP contribution in [-0.2, 0) is 6.54 Å². The van der Waals surface area contributed by atoms with E-state index in [0.29, 0.717) is 13.0 Å². The van der Waals surface area contributed by atoms with Crippen LogP contribution in [0.4, 0.5) is 0 Å². The van der Waals surface area contributed by atoms with Gasteiger partial charge in [0.25, 0.3) is 0 Å². The molecule has 0 spiro atoms. The van der Waals surface area contributed by atoms with Gasteiger partial charge in [0.05, 0.1) is 5.02 Å². The largest absolute Gasteiger partial charge is 1.00 e. The first-order valence-corrected chi connectivity index (χ1v) is 6.34. The van der Waals surface area contributed by atoms with Crippen LogP contribution in [0, 0.1) is 12.3 Å². The number of allylic oxidation sites excluding steroid dienone is 1. The Morgan fingerprint density at radius 2 is 2.19 bits per heavy atom. The molecule has 0 saturated carbocycles. The zero-order valence-electron chi connectivity index (χ0n) is 12.3. The molecule has 2 N–H and O–H groups in total. The number of fused-ring (bicyclic) bond motifs is 1. The molecule has 3 rings (SSSR count). The number of hydrogen-bond donors (Lipinski definition) is 2. The van der Waals surface area contributed by atoms with Crippen LogP contribution in [0.3, 0.4) is 0 Å². The Balaban J connectivity index is 0.00000110. The standard InChI is InChI=1S/C15H12ClN3.2Na/c1-2-17-9-11-6-10-7-13(16)12(8-15(10)19-11)14-4-3-5-18-14;;/h5-8,17,19H,1,4,9H2;;/q-2;2*+1. The summed E-state index contributed by atoms with van der Waals surface area (Å²) < 4.78 is 0. The van der Waals surface area contributed by atoms with Crippen molar-refractivity contribution in [3.05, 3.63) is 59.5 Å². The molecule has 3 nitrogen and oxygen atoms in total. The molecule has 1 aromatic heterocycles. The molecule has 96 valence electrons. The Hall–Kier alpha value is 0.000000000000000222. The van der Waals surface area contributed by atoms with E-state index in [4.69, 9.17) is 11.6 Å². The van der Waals surface area contributed by atoms with Gasteiger partial charge < -0.3 is 27.6 Å². The summed E-state index contributed by atoms with van der Waals surface area (Å²) in [4.78, 5) is 7.63. The van der Waals surface area contributed by atoms with Crippen LogP contribution >= 0.6 is 11.6 Å². The van der Waals surface area contributed by atoms with Crippen LogP contribution in [0.25, 0.3) is 10.9 Å². The van der Waals surface area contributed by atoms with Crippen molar-refractivity contribution < 1.29 is 59.1 Å². The fourth-order valence-corrected chi connectivity index (χ4v) is 2.44. The summed E-state index contributed by atoms with van der Waals surface area (Å²) in [6.45, 7) is 4.18. The Kier molecular flexibility index (Phi) is 7.79. The van der Waals surface area contributed by atoms with E-state index in [9.17, 15) is 0 Å². The van der Waals surface area contributed by atoms with Gasteiger partial charge in [-0.05, 0) is 18.2 Å². The average Bonchev–Trinajstić information content (AvgIpc) is 3.03. The topological polar surface area (TPSA) is 40.2 Å². The molecule has 21 heavy (non-hydrogen) atoms. The SMILES string of the molecule is C=[C-]NCc1cc2cc(Cl)c(C3=NC=[C-]C3)cc2[nH]1.[Na+].[Na+]. The molecular weight excluding hydrogens is 304 g/mol. The number of benzene rings is 1. The van der Waals surface area contributed by atoms with Gasteiger partial charge in [0, 0.05) is 34.4 Å². The Labute approximate surface area is 173 Å². The van der Waals surface area contributed by atoms with Crippen molar-refractivity contribution in [2.75, 3.05) is 0 Å². The summed E-state index contributed by atoms with van der Waals surface area (Å²) in [5, 5.41) is 4.75. The Bertz CT molecular complexity index is 704. The second kappa shape index (κ2) is 8.59. The number of nitrogens with one attached hydrogen (secondary N) is 2. The van der Waals surface area contributed by atoms with E-state index in [1.807, 2.05) is 12.1 Å². The number of halogens is 1. The van der Waals surface area contributed by atoms with E-state index in [2.05, 4.69) is 40.2 Å². The van der Waals surface area contributed by atoms with Crippen molar-refractivity contribution in [3.8, 4) is 0 Å². The molecule has 0 amide bonds. The Morgan fingerprint density at radius 1 is 1.38 bits per heavy atom. The zero-order chi connectivity index (χ0) is 13.2. The molecule has 0 aliphatic carbocycles. The molecule has 2 aromatic rings. The molecular formula is C15H12ClN3Na2. The summed E-state index contributed by atoms with van der Waals surface area (Å²) in [7, 11) is 0. The van der Waals surface area contributed by atoms with Gasteiger partial charge in [0.1, 0.15) is 0 Å². The molecule has 0 unspecified atom stereocenters. The summed E-state index contributed by atoms with van der Waals surface area (Å²) in [5.74, 6) is 0. The van der Waals surface area contributed by atoms with Gasteiger partial charge in [-0.1, -0.05) is 11.6 Å². The van der Waals surface area contributed by atoms with Crippen LogP contribution in [-0.4, -0.2) is 10.7 Å². The third kappa shape index (κ3) is 4.26. The molecule has 0 atom stereocenters. The predicted octanol–water partition coefficient (Wildman–Crippen LogP) is -2.62. The van der Waals surface area contributed by atoms with Crippen molar-refractivity contribution >= 4 is 28.2 Å². The van der Waals surface area contributed by atoms with Gasteiger partial charge in [-0.2, -0.15) is 6.20 Å². The van der Waals surface area contributed by atoms with Crippen molar-refractivity contribution in [2.24, 2.45) is 4.99 Å². The van der Waals surface area contributed by atoms with Crippen LogP contribution in [0.15, 0.2) is 36.0 Å². The number of aliphatic imine (C=N–C) groups is 1. The maximum absolute atomic E-state index is 6.32. The van der Waals surface area contributed by atoms with E-state index < -0.39 is 0 Å². The maximum Gasteiger partial charge on any atom is 1.00 e. The molecule has 2 heterocycles. The van der Waals surface area contributed by atoms with Crippen LogP contribution in [0.5, 0.6) is 0 Å². The molecule has 6 heteroatoms. The predicted molar refractivity (Wildman–Crippen MR) is 78.0 cm³/mol. The first kappa shape index (κ1) is 19.0. The third-order valence-electron chi connectivity index (χ3n) is 3.06. The van der Waals surface area contributed by atoms with Crippen molar-refractivity contribution in [2.45, 2.75) is 13.0 Å². The van der Waals surface area contributed by atoms with Gasteiger partial charge >= 0.3 is 59.1 Å². The smallest absolute Gasteiger partial charge is 0.563 e. The van der Waals surface area contributed by atoms with E-state index in [-0.39, 0.29) is 59.1 Å². The fourth-order valence-electron chi connectivity index (χ4n) is 2.16. The van der Waals surface area contributed by atoms with E-state index in [0.717, 1.165) is 32.9 Å². The molecule has 0 radical (unpaired) electrons. The Morgan fingerprint density at radius 3 is 2.86 bits per heavy atom. The van der Waals surface area contributed by atoms with Crippen LogP contribution in [0.1, 0.15) is 17.7 Å². The minimum atomic E-state index is 0. The van der Waals surface area contributed by atoms with Crippen molar-refractivity contribution in [1.82, 2.24) is 10.3 Å². The molecule has 0 bridgehead atoms. The van der Waals surface area contributed by atoms with Gasteiger partial charge in [-0.15, -0.1) is 6.42 Å². The number of aromatic amines is 1. The average molecular weight is 316 g/mol. The number of nitrogens with zero attached hydrogens (tertiary/aromatic N) is 1. The van der Waals surface area contributed by atoms with E-state index in [1.54, 1.807) is 6.20 Å². The summed E-state index contributed by atoms with van der Waals surface area (Å²) in [5.41, 5.74) is 4.04. The van der Waals surface area contributed by atoms with Gasteiger partial charge in [-0.25, -0.2) is 0 Å². The monoisotopic (exact) mass is 315 g/mol. The zero-order valence-corrected chi connectivity index (χ0v) is 17.0. The maximum atomic E-state index is 6.32. The molecule has 0 saturated heterocycles. The molecule has 1 aromatic carbocycles. The van der Waals surface area contributed by atoms with Gasteiger partial charge in [0.15, 0.2) is 0 Å². The van der Waals surface area contributed by atoms with Crippen molar-refractivity contribution in [1.29, 1.82) is 0 Å². The first-order valence-electron chi connectivity index (χ1n) is 5.96. The molecule has 1 aliphatic heterocycles. The summed E-state index contributed by atoms with van der Waals surface area (Å²) >= 11 is 6.32. The quantitative estimate of drug-likeness (QED) is 0.362. The third-order valence-corrected chi connectivity index (χ3v) is 3.37. The first-order chi connectivity index (χ1) is 9.28. The van der Waals surface area contributed by atoms with Crippen molar-refractivity contribution in [3.63, 3.8) is 0 Å². The van der Waals surface area contributed by atoms with Gasteiger partial charge in [0.2, 0.25) is 0 Å².